The summed E-state index contributed by atoms with van der Waals surface area (Å²) in [6, 6.07) is 2.31. The van der Waals surface area contributed by atoms with Crippen molar-refractivity contribution in [1.29, 1.82) is 0 Å². The van der Waals surface area contributed by atoms with E-state index in [0.29, 0.717) is 5.25 Å². The van der Waals surface area contributed by atoms with Crippen LogP contribution in [0.25, 0.3) is 19.5 Å². The fourth-order valence-corrected chi connectivity index (χ4v) is 6.57. The van der Waals surface area contributed by atoms with Crippen LogP contribution in [0.3, 0.4) is 0 Å². The maximum Gasteiger partial charge on any atom is 0.0543 e. The van der Waals surface area contributed by atoms with Gasteiger partial charge in [0.15, 0.2) is 0 Å². The molecule has 0 aliphatic heterocycles. The van der Waals surface area contributed by atoms with E-state index < -0.39 is 0 Å². The largest absolute Gasteiger partial charge is 0.146 e. The van der Waals surface area contributed by atoms with Crippen LogP contribution in [0.1, 0.15) is 21.9 Å². The Bertz CT molecular complexity index is 683. The van der Waals surface area contributed by atoms with Gasteiger partial charge in [-0.15, -0.1) is 45.8 Å². The number of thiophene rings is 3. The minimum atomic E-state index is 0.509. The molecule has 0 spiro atoms. The average Bonchev–Trinajstić information content (AvgIpc) is 2.88. The van der Waals surface area contributed by atoms with E-state index in [2.05, 4.69) is 31.9 Å². The Morgan fingerprint density at radius 2 is 2.18 bits per heavy atom. The van der Waals surface area contributed by atoms with Crippen molar-refractivity contribution in [3.63, 3.8) is 0 Å². The molecule has 0 radical (unpaired) electrons. The van der Waals surface area contributed by atoms with Crippen molar-refractivity contribution in [2.24, 2.45) is 0 Å². The van der Waals surface area contributed by atoms with E-state index in [9.17, 15) is 0 Å². The van der Waals surface area contributed by atoms with Crippen molar-refractivity contribution >= 4 is 65.3 Å². The maximum atomic E-state index is 3.82. The van der Waals surface area contributed by atoms with Gasteiger partial charge in [-0.2, -0.15) is 0 Å². The van der Waals surface area contributed by atoms with Gasteiger partial charge in [-0.1, -0.05) is 6.58 Å². The molecule has 3 rings (SSSR count). The van der Waals surface area contributed by atoms with Gasteiger partial charge in [-0.3, -0.25) is 0 Å². The van der Waals surface area contributed by atoms with E-state index in [1.807, 2.05) is 39.4 Å². The van der Waals surface area contributed by atoms with Crippen molar-refractivity contribution < 1.29 is 0 Å². The summed E-state index contributed by atoms with van der Waals surface area (Å²) in [6.45, 7) is 8.27. The van der Waals surface area contributed by atoms with E-state index in [-0.39, 0.29) is 0 Å². The molecule has 1 unspecified atom stereocenters. The highest BCUT2D eigenvalue weighted by Gasteiger charge is 2.17. The highest BCUT2D eigenvalue weighted by atomic mass is 32.2. The minimum absolute atomic E-state index is 0.509. The first-order chi connectivity index (χ1) is 8.20. The van der Waals surface area contributed by atoms with Crippen LogP contribution in [0.2, 0.25) is 0 Å². The zero-order valence-electron chi connectivity index (χ0n) is 9.65. The molecular formula is C13H12S4. The SMILES string of the molecule is C=CSC(C)c1scc2sc3cc(C)sc3c12. The van der Waals surface area contributed by atoms with E-state index in [0.717, 1.165) is 0 Å². The molecule has 0 aliphatic carbocycles. The van der Waals surface area contributed by atoms with Gasteiger partial charge < -0.3 is 0 Å². The molecule has 0 nitrogen and oxygen atoms in total. The fraction of sp³-hybridized carbons (Fsp3) is 0.231. The molecule has 1 atom stereocenters. The summed E-state index contributed by atoms with van der Waals surface area (Å²) in [4.78, 5) is 2.91. The van der Waals surface area contributed by atoms with E-state index in [1.165, 1.54) is 29.2 Å². The first kappa shape index (κ1) is 11.8. The minimum Gasteiger partial charge on any atom is -0.146 e. The summed E-state index contributed by atoms with van der Waals surface area (Å²) >= 11 is 7.55. The molecule has 0 aromatic carbocycles. The molecule has 3 aromatic rings. The second-order valence-corrected chi connectivity index (χ2v) is 8.50. The molecule has 0 saturated carbocycles. The van der Waals surface area contributed by atoms with Crippen LogP contribution in [-0.4, -0.2) is 0 Å². The van der Waals surface area contributed by atoms with Gasteiger partial charge in [-0.25, -0.2) is 0 Å². The molecule has 0 saturated heterocycles. The normalized spacial score (nSPS) is 13.5. The summed E-state index contributed by atoms with van der Waals surface area (Å²) < 4.78 is 4.38. The number of fused-ring (bicyclic) bond motifs is 3. The van der Waals surface area contributed by atoms with Crippen LogP contribution in [0.5, 0.6) is 0 Å². The van der Waals surface area contributed by atoms with Crippen molar-refractivity contribution in [3.05, 3.63) is 33.2 Å². The molecule has 17 heavy (non-hydrogen) atoms. The highest BCUT2D eigenvalue weighted by molar-refractivity contribution is 8.02. The van der Waals surface area contributed by atoms with Gasteiger partial charge in [0.05, 0.1) is 4.70 Å². The van der Waals surface area contributed by atoms with Crippen LogP contribution >= 0.6 is 45.8 Å². The fourth-order valence-electron chi connectivity index (χ4n) is 2.02. The summed E-state index contributed by atoms with van der Waals surface area (Å²) in [5.74, 6) is 0. The quantitative estimate of drug-likeness (QED) is 0.537. The molecule has 0 N–H and O–H groups in total. The van der Waals surface area contributed by atoms with Gasteiger partial charge in [0.1, 0.15) is 0 Å². The van der Waals surface area contributed by atoms with Crippen molar-refractivity contribution in [3.8, 4) is 0 Å². The van der Waals surface area contributed by atoms with E-state index in [4.69, 9.17) is 0 Å². The lowest BCUT2D eigenvalue weighted by molar-refractivity contribution is 1.16. The number of thioether (sulfide) groups is 1. The lowest BCUT2D eigenvalue weighted by Crippen LogP contribution is -1.80. The van der Waals surface area contributed by atoms with Gasteiger partial charge in [0.25, 0.3) is 0 Å². The van der Waals surface area contributed by atoms with Crippen LogP contribution < -0.4 is 0 Å². The molecule has 88 valence electrons. The highest BCUT2D eigenvalue weighted by Crippen LogP contribution is 2.47. The van der Waals surface area contributed by atoms with Gasteiger partial charge in [0, 0.05) is 35.2 Å². The van der Waals surface area contributed by atoms with Crippen molar-refractivity contribution in [2.45, 2.75) is 19.1 Å². The smallest absolute Gasteiger partial charge is 0.0543 e. The topological polar surface area (TPSA) is 0 Å². The Labute approximate surface area is 117 Å². The third-order valence-electron chi connectivity index (χ3n) is 2.72. The molecule has 0 fully saturated rings. The van der Waals surface area contributed by atoms with Crippen molar-refractivity contribution in [1.82, 2.24) is 0 Å². The van der Waals surface area contributed by atoms with Crippen LogP contribution in [0.4, 0.5) is 0 Å². The first-order valence-electron chi connectivity index (χ1n) is 5.37. The Hall–Kier alpha value is -0.290. The van der Waals surface area contributed by atoms with Gasteiger partial charge in [-0.05, 0) is 25.3 Å². The predicted molar refractivity (Wildman–Crippen MR) is 86.0 cm³/mol. The average molecular weight is 297 g/mol. The second kappa shape index (κ2) is 4.43. The first-order valence-corrected chi connectivity index (χ1v) is 8.82. The Morgan fingerprint density at radius 1 is 1.35 bits per heavy atom. The lowest BCUT2D eigenvalue weighted by Gasteiger charge is -2.05. The molecular weight excluding hydrogens is 284 g/mol. The third kappa shape index (κ3) is 1.87. The zero-order valence-corrected chi connectivity index (χ0v) is 12.9. The molecule has 0 aliphatic rings. The van der Waals surface area contributed by atoms with E-state index >= 15 is 0 Å². The summed E-state index contributed by atoms with van der Waals surface area (Å²) in [6.07, 6.45) is 0. The van der Waals surface area contributed by atoms with E-state index in [1.54, 1.807) is 11.8 Å². The number of hydrogen-bond donors (Lipinski definition) is 0. The molecule has 3 aromatic heterocycles. The monoisotopic (exact) mass is 296 g/mol. The molecule has 4 heteroatoms. The van der Waals surface area contributed by atoms with Gasteiger partial charge >= 0.3 is 0 Å². The molecule has 3 heterocycles. The van der Waals surface area contributed by atoms with Gasteiger partial charge in [0.2, 0.25) is 0 Å². The zero-order chi connectivity index (χ0) is 12.0. The lowest BCUT2D eigenvalue weighted by atomic mass is 10.2. The summed E-state index contributed by atoms with van der Waals surface area (Å²) in [5.41, 5.74) is 0. The predicted octanol–water partition coefficient (Wildman–Crippen LogP) is 6.42. The summed E-state index contributed by atoms with van der Waals surface area (Å²) in [7, 11) is 0. The van der Waals surface area contributed by atoms with Crippen LogP contribution in [-0.2, 0) is 0 Å². The molecule has 0 bridgehead atoms. The Morgan fingerprint density at radius 3 is 2.94 bits per heavy atom. The number of aryl methyl sites for hydroxylation is 1. The number of hydrogen-bond acceptors (Lipinski definition) is 4. The van der Waals surface area contributed by atoms with Crippen LogP contribution in [0, 0.1) is 6.92 Å². The van der Waals surface area contributed by atoms with Crippen molar-refractivity contribution in [2.75, 3.05) is 0 Å². The summed E-state index contributed by atoms with van der Waals surface area (Å²) in [5, 5.41) is 6.25. The van der Waals surface area contributed by atoms with Crippen LogP contribution in [0.15, 0.2) is 23.4 Å². The standard InChI is InChI=1S/C13H12S4/c1-4-14-8(3)12-11-10(6-15-12)17-9-5-7(2)16-13(9)11/h4-6,8H,1H2,2-3H3. The Kier molecular flexibility index (Phi) is 3.07. The third-order valence-corrected chi connectivity index (χ3v) is 7.30. The second-order valence-electron chi connectivity index (χ2n) is 3.94. The molecule has 0 amide bonds. The Balaban J connectivity index is 2.26. The maximum absolute atomic E-state index is 3.82. The number of rotatable bonds is 3.